The minimum atomic E-state index is -0.496. The van der Waals surface area contributed by atoms with Crippen LogP contribution in [-0.4, -0.2) is 67.4 Å². The zero-order chi connectivity index (χ0) is 20.5. The van der Waals surface area contributed by atoms with Crippen LogP contribution in [0.1, 0.15) is 38.8 Å². The molecule has 2 aliphatic heterocycles. The minimum Gasteiger partial charge on any atom is -0.495 e. The average molecular weight is 387 g/mol. The molecular weight excluding hydrogens is 358 g/mol. The maximum absolute atomic E-state index is 12.4. The summed E-state index contributed by atoms with van der Waals surface area (Å²) in [6, 6.07) is 7.87. The van der Waals surface area contributed by atoms with Crippen LogP contribution >= 0.6 is 0 Å². The van der Waals surface area contributed by atoms with E-state index in [9.17, 15) is 10.1 Å². The van der Waals surface area contributed by atoms with Gasteiger partial charge >= 0.3 is 6.09 Å². The number of ether oxygens (including phenoxy) is 3. The highest BCUT2D eigenvalue weighted by atomic mass is 16.6. The molecule has 0 aromatic heterocycles. The Morgan fingerprint density at radius 2 is 2.11 bits per heavy atom. The van der Waals surface area contributed by atoms with E-state index in [1.807, 2.05) is 32.9 Å². The lowest BCUT2D eigenvalue weighted by Gasteiger charge is -2.49. The standard InChI is InChI=1S/C21H29N3O4/c1-20(2,3)28-19(25)23-8-9-24-14-21(4,27-13-17(24)12-23)16-7-6-15(11-22)18(10-16)26-5/h6-7,10,17H,8-9,12-14H2,1-5H3/t17-,21-/m0/s1. The number of hydrogen-bond acceptors (Lipinski definition) is 6. The summed E-state index contributed by atoms with van der Waals surface area (Å²) in [6.07, 6.45) is -0.266. The van der Waals surface area contributed by atoms with Gasteiger partial charge < -0.3 is 19.1 Å². The first-order chi connectivity index (χ1) is 13.1. The van der Waals surface area contributed by atoms with Crippen LogP contribution in [0, 0.1) is 11.3 Å². The number of amides is 1. The van der Waals surface area contributed by atoms with Crippen LogP contribution in [0.2, 0.25) is 0 Å². The molecule has 2 fully saturated rings. The number of fused-ring (bicyclic) bond motifs is 1. The number of carbonyl (C=O) groups is 1. The molecule has 3 rings (SSSR count). The van der Waals surface area contributed by atoms with E-state index >= 15 is 0 Å². The Morgan fingerprint density at radius 1 is 1.36 bits per heavy atom. The fraction of sp³-hybridized carbons (Fsp3) is 0.619. The van der Waals surface area contributed by atoms with Gasteiger partial charge in [0.05, 0.1) is 25.3 Å². The van der Waals surface area contributed by atoms with Crippen molar-refractivity contribution in [3.63, 3.8) is 0 Å². The van der Waals surface area contributed by atoms with Gasteiger partial charge in [0.15, 0.2) is 0 Å². The van der Waals surface area contributed by atoms with Gasteiger partial charge in [0.2, 0.25) is 0 Å². The Morgan fingerprint density at radius 3 is 2.75 bits per heavy atom. The first-order valence-electron chi connectivity index (χ1n) is 9.60. The van der Waals surface area contributed by atoms with Gasteiger partial charge in [-0.2, -0.15) is 5.26 Å². The number of rotatable bonds is 2. The van der Waals surface area contributed by atoms with Crippen LogP contribution in [0.25, 0.3) is 0 Å². The van der Waals surface area contributed by atoms with Crippen molar-refractivity contribution < 1.29 is 19.0 Å². The summed E-state index contributed by atoms with van der Waals surface area (Å²) in [5, 5.41) is 9.20. The third kappa shape index (κ3) is 4.23. The quantitative estimate of drug-likeness (QED) is 0.777. The summed E-state index contributed by atoms with van der Waals surface area (Å²) in [6.45, 7) is 10.9. The highest BCUT2D eigenvalue weighted by Gasteiger charge is 2.42. The summed E-state index contributed by atoms with van der Waals surface area (Å²) in [5.74, 6) is 0.557. The summed E-state index contributed by atoms with van der Waals surface area (Å²) >= 11 is 0. The Labute approximate surface area is 166 Å². The number of methoxy groups -OCH3 is 1. The Hall–Kier alpha value is -2.30. The lowest BCUT2D eigenvalue weighted by Crippen LogP contribution is -2.63. The van der Waals surface area contributed by atoms with E-state index in [1.165, 1.54) is 0 Å². The number of benzene rings is 1. The van der Waals surface area contributed by atoms with Gasteiger partial charge in [-0.15, -0.1) is 0 Å². The van der Waals surface area contributed by atoms with Crippen molar-refractivity contribution in [3.8, 4) is 11.8 Å². The predicted molar refractivity (Wildman–Crippen MR) is 104 cm³/mol. The maximum Gasteiger partial charge on any atom is 0.410 e. The smallest absolute Gasteiger partial charge is 0.410 e. The molecule has 7 heteroatoms. The van der Waals surface area contributed by atoms with Gasteiger partial charge in [0.25, 0.3) is 0 Å². The van der Waals surface area contributed by atoms with E-state index in [4.69, 9.17) is 14.2 Å². The summed E-state index contributed by atoms with van der Waals surface area (Å²) < 4.78 is 17.1. The molecule has 28 heavy (non-hydrogen) atoms. The van der Waals surface area contributed by atoms with Crippen LogP contribution in [0.3, 0.4) is 0 Å². The van der Waals surface area contributed by atoms with Gasteiger partial charge in [-0.1, -0.05) is 6.07 Å². The molecule has 0 spiro atoms. The Balaban J connectivity index is 1.69. The lowest BCUT2D eigenvalue weighted by atomic mass is 9.91. The van der Waals surface area contributed by atoms with Crippen LogP contribution in [-0.2, 0) is 15.1 Å². The molecule has 0 radical (unpaired) electrons. The van der Waals surface area contributed by atoms with Crippen LogP contribution in [0.5, 0.6) is 5.75 Å². The molecule has 2 atom stereocenters. The molecular formula is C21H29N3O4. The molecule has 2 saturated heterocycles. The molecule has 2 aliphatic rings. The van der Waals surface area contributed by atoms with Crippen molar-refractivity contribution in [1.82, 2.24) is 9.80 Å². The largest absolute Gasteiger partial charge is 0.495 e. The third-order valence-corrected chi connectivity index (χ3v) is 5.29. The number of morpholine rings is 1. The molecule has 1 aromatic rings. The second-order valence-electron chi connectivity index (χ2n) is 8.62. The van der Waals surface area contributed by atoms with E-state index in [0.29, 0.717) is 31.0 Å². The normalized spacial score (nSPS) is 25.6. The first kappa shape index (κ1) is 20.4. The minimum absolute atomic E-state index is 0.148. The van der Waals surface area contributed by atoms with Crippen molar-refractivity contribution in [1.29, 1.82) is 5.26 Å². The fourth-order valence-corrected chi connectivity index (χ4v) is 3.75. The topological polar surface area (TPSA) is 75.0 Å². The molecule has 152 valence electrons. The zero-order valence-corrected chi connectivity index (χ0v) is 17.3. The lowest BCUT2D eigenvalue weighted by molar-refractivity contribution is -0.144. The van der Waals surface area contributed by atoms with E-state index in [1.54, 1.807) is 18.1 Å². The van der Waals surface area contributed by atoms with Crippen LogP contribution < -0.4 is 4.74 Å². The number of nitrogens with zero attached hydrogens (tertiary/aromatic N) is 3. The zero-order valence-electron chi connectivity index (χ0n) is 17.3. The van der Waals surface area contributed by atoms with Gasteiger partial charge in [-0.3, -0.25) is 4.90 Å². The summed E-state index contributed by atoms with van der Waals surface area (Å²) in [5.41, 5.74) is 0.502. The Bertz CT molecular complexity index is 783. The van der Waals surface area contributed by atoms with Crippen LogP contribution in [0.4, 0.5) is 4.79 Å². The number of hydrogen-bond donors (Lipinski definition) is 0. The van der Waals surface area contributed by atoms with Crippen molar-refractivity contribution in [2.45, 2.75) is 44.9 Å². The highest BCUT2D eigenvalue weighted by Crippen LogP contribution is 2.35. The molecule has 7 nitrogen and oxygen atoms in total. The molecule has 0 unspecified atom stereocenters. The highest BCUT2D eigenvalue weighted by molar-refractivity contribution is 5.68. The van der Waals surface area contributed by atoms with E-state index < -0.39 is 11.2 Å². The number of carbonyl (C=O) groups excluding carboxylic acids is 1. The van der Waals surface area contributed by atoms with Crippen molar-refractivity contribution in [2.24, 2.45) is 0 Å². The van der Waals surface area contributed by atoms with Crippen molar-refractivity contribution >= 4 is 6.09 Å². The molecule has 1 amide bonds. The van der Waals surface area contributed by atoms with Gasteiger partial charge in [-0.25, -0.2) is 4.79 Å². The van der Waals surface area contributed by atoms with Gasteiger partial charge in [-0.05, 0) is 45.4 Å². The monoisotopic (exact) mass is 387 g/mol. The van der Waals surface area contributed by atoms with E-state index in [2.05, 4.69) is 17.9 Å². The second kappa shape index (κ2) is 7.61. The maximum atomic E-state index is 12.4. The van der Waals surface area contributed by atoms with Crippen molar-refractivity contribution in [2.75, 3.05) is 39.9 Å². The van der Waals surface area contributed by atoms with Gasteiger partial charge in [0.1, 0.15) is 23.0 Å². The van der Waals surface area contributed by atoms with Gasteiger partial charge in [0, 0.05) is 26.2 Å². The SMILES string of the molecule is COc1cc([C@]2(C)CN3CCN(C(=O)OC(C)(C)C)C[C@H]3CO2)ccc1C#N. The average Bonchev–Trinajstić information content (AvgIpc) is 2.65. The molecule has 0 bridgehead atoms. The predicted octanol–water partition coefficient (Wildman–Crippen LogP) is 2.73. The second-order valence-corrected chi connectivity index (χ2v) is 8.62. The molecule has 0 saturated carbocycles. The first-order valence-corrected chi connectivity index (χ1v) is 9.60. The third-order valence-electron chi connectivity index (χ3n) is 5.29. The molecule has 0 N–H and O–H groups in total. The summed E-state index contributed by atoms with van der Waals surface area (Å²) in [7, 11) is 1.57. The fourth-order valence-electron chi connectivity index (χ4n) is 3.75. The number of piperazine rings is 1. The molecule has 2 heterocycles. The van der Waals surface area contributed by atoms with Crippen molar-refractivity contribution in [3.05, 3.63) is 29.3 Å². The summed E-state index contributed by atoms with van der Waals surface area (Å²) in [4.78, 5) is 16.5. The molecule has 1 aromatic carbocycles. The molecule has 0 aliphatic carbocycles. The Kier molecular flexibility index (Phi) is 5.55. The van der Waals surface area contributed by atoms with Crippen LogP contribution in [0.15, 0.2) is 18.2 Å². The van der Waals surface area contributed by atoms with E-state index in [0.717, 1.165) is 18.7 Å². The van der Waals surface area contributed by atoms with E-state index in [-0.39, 0.29) is 12.1 Å². The number of nitriles is 1.